The SMILES string of the molecule is NNC(C1CCOC2(CCOC2)C1)C1CC2CCC1C2. The van der Waals surface area contributed by atoms with Crippen molar-refractivity contribution < 1.29 is 9.47 Å². The van der Waals surface area contributed by atoms with E-state index in [0.29, 0.717) is 12.0 Å². The zero-order valence-corrected chi connectivity index (χ0v) is 12.4. The van der Waals surface area contributed by atoms with Gasteiger partial charge in [0.2, 0.25) is 0 Å². The fraction of sp³-hybridized carbons (Fsp3) is 1.00. The third-order valence-electron chi connectivity index (χ3n) is 6.55. The molecule has 0 aromatic carbocycles. The van der Waals surface area contributed by atoms with E-state index in [2.05, 4.69) is 5.43 Å². The van der Waals surface area contributed by atoms with Crippen molar-refractivity contribution in [2.24, 2.45) is 29.5 Å². The molecule has 114 valence electrons. The molecular weight excluding hydrogens is 252 g/mol. The van der Waals surface area contributed by atoms with E-state index in [1.54, 1.807) is 0 Å². The molecular formula is C16H28N2O2. The third kappa shape index (κ3) is 2.21. The van der Waals surface area contributed by atoms with Gasteiger partial charge in [-0.1, -0.05) is 6.42 Å². The number of ether oxygens (including phenoxy) is 2. The van der Waals surface area contributed by atoms with Gasteiger partial charge in [-0.2, -0.15) is 0 Å². The van der Waals surface area contributed by atoms with Crippen LogP contribution in [0.2, 0.25) is 0 Å². The highest BCUT2D eigenvalue weighted by molar-refractivity contribution is 5.00. The number of fused-ring (bicyclic) bond motifs is 2. The van der Waals surface area contributed by atoms with Gasteiger partial charge in [-0.15, -0.1) is 0 Å². The Morgan fingerprint density at radius 2 is 2.10 bits per heavy atom. The summed E-state index contributed by atoms with van der Waals surface area (Å²) in [5, 5.41) is 0. The lowest BCUT2D eigenvalue weighted by Gasteiger charge is -2.43. The van der Waals surface area contributed by atoms with Gasteiger partial charge in [-0.3, -0.25) is 11.3 Å². The summed E-state index contributed by atoms with van der Waals surface area (Å²) in [4.78, 5) is 0. The number of nitrogens with two attached hydrogens (primary N) is 1. The summed E-state index contributed by atoms with van der Waals surface area (Å²) in [6.07, 6.45) is 9.12. The van der Waals surface area contributed by atoms with E-state index < -0.39 is 0 Å². The molecule has 0 aromatic rings. The maximum atomic E-state index is 6.08. The summed E-state index contributed by atoms with van der Waals surface area (Å²) in [5.41, 5.74) is 3.22. The van der Waals surface area contributed by atoms with Crippen molar-refractivity contribution in [1.82, 2.24) is 5.43 Å². The number of rotatable bonds is 3. The first kappa shape index (κ1) is 13.5. The first-order valence-electron chi connectivity index (χ1n) is 8.47. The van der Waals surface area contributed by atoms with E-state index in [9.17, 15) is 0 Å². The van der Waals surface area contributed by atoms with Crippen LogP contribution in [0.5, 0.6) is 0 Å². The summed E-state index contributed by atoms with van der Waals surface area (Å²) >= 11 is 0. The molecule has 2 bridgehead atoms. The number of hydrogen-bond donors (Lipinski definition) is 2. The highest BCUT2D eigenvalue weighted by Crippen LogP contribution is 2.51. The standard InChI is InChI=1S/C16H28N2O2/c17-18-15(14-8-11-1-2-12(14)7-11)13-3-5-20-16(9-13)4-6-19-10-16/h11-15,18H,1-10,17H2. The van der Waals surface area contributed by atoms with Gasteiger partial charge in [0.05, 0.1) is 12.2 Å². The predicted octanol–water partition coefficient (Wildman–Crippen LogP) is 1.84. The molecule has 0 radical (unpaired) electrons. The molecule has 1 spiro atoms. The summed E-state index contributed by atoms with van der Waals surface area (Å²) in [5.74, 6) is 9.37. The van der Waals surface area contributed by atoms with Crippen molar-refractivity contribution >= 4 is 0 Å². The molecule has 2 heterocycles. The van der Waals surface area contributed by atoms with Crippen LogP contribution in [0.15, 0.2) is 0 Å². The smallest absolute Gasteiger partial charge is 0.0939 e. The van der Waals surface area contributed by atoms with Crippen molar-refractivity contribution in [2.45, 2.75) is 56.6 Å². The number of hydrazine groups is 1. The van der Waals surface area contributed by atoms with Crippen LogP contribution in [-0.4, -0.2) is 31.5 Å². The van der Waals surface area contributed by atoms with Crippen LogP contribution in [0.25, 0.3) is 0 Å². The van der Waals surface area contributed by atoms with Crippen LogP contribution in [0, 0.1) is 23.7 Å². The van der Waals surface area contributed by atoms with E-state index >= 15 is 0 Å². The van der Waals surface area contributed by atoms with Crippen LogP contribution in [0.3, 0.4) is 0 Å². The lowest BCUT2D eigenvalue weighted by molar-refractivity contribution is -0.107. The third-order valence-corrected chi connectivity index (χ3v) is 6.55. The normalized spacial score (nSPS) is 49.0. The Morgan fingerprint density at radius 3 is 2.75 bits per heavy atom. The van der Waals surface area contributed by atoms with Crippen molar-refractivity contribution in [3.8, 4) is 0 Å². The largest absolute Gasteiger partial charge is 0.378 e. The van der Waals surface area contributed by atoms with Gasteiger partial charge in [0, 0.05) is 25.7 Å². The van der Waals surface area contributed by atoms with E-state index in [4.69, 9.17) is 15.3 Å². The van der Waals surface area contributed by atoms with Crippen LogP contribution in [0.1, 0.15) is 44.9 Å². The molecule has 2 aliphatic heterocycles. The molecule has 4 heteroatoms. The van der Waals surface area contributed by atoms with Gasteiger partial charge in [0.25, 0.3) is 0 Å². The highest BCUT2D eigenvalue weighted by Gasteiger charge is 2.48. The first-order valence-corrected chi connectivity index (χ1v) is 8.47. The van der Waals surface area contributed by atoms with Gasteiger partial charge >= 0.3 is 0 Å². The molecule has 6 unspecified atom stereocenters. The zero-order chi connectivity index (χ0) is 13.6. The topological polar surface area (TPSA) is 56.5 Å². The van der Waals surface area contributed by atoms with Gasteiger partial charge in [0.15, 0.2) is 0 Å². The molecule has 4 nitrogen and oxygen atoms in total. The second kappa shape index (κ2) is 5.24. The monoisotopic (exact) mass is 280 g/mol. The van der Waals surface area contributed by atoms with Crippen molar-refractivity contribution in [3.05, 3.63) is 0 Å². The predicted molar refractivity (Wildman–Crippen MR) is 76.9 cm³/mol. The average Bonchev–Trinajstić information content (AvgIpc) is 3.17. The maximum Gasteiger partial charge on any atom is 0.0939 e. The molecule has 6 atom stereocenters. The van der Waals surface area contributed by atoms with Crippen LogP contribution < -0.4 is 11.3 Å². The zero-order valence-electron chi connectivity index (χ0n) is 12.4. The molecule has 20 heavy (non-hydrogen) atoms. The minimum atomic E-state index is 0.00956. The molecule has 2 saturated carbocycles. The molecule has 4 rings (SSSR count). The minimum Gasteiger partial charge on any atom is -0.378 e. The fourth-order valence-corrected chi connectivity index (χ4v) is 5.58. The summed E-state index contributed by atoms with van der Waals surface area (Å²) < 4.78 is 11.7. The Bertz CT molecular complexity index is 356. The molecule has 0 amide bonds. The Labute approximate surface area is 121 Å². The molecule has 2 saturated heterocycles. The van der Waals surface area contributed by atoms with Crippen molar-refractivity contribution in [1.29, 1.82) is 0 Å². The van der Waals surface area contributed by atoms with Gasteiger partial charge in [0.1, 0.15) is 0 Å². The average molecular weight is 280 g/mol. The first-order chi connectivity index (χ1) is 9.80. The van der Waals surface area contributed by atoms with E-state index in [0.717, 1.165) is 56.8 Å². The van der Waals surface area contributed by atoms with Crippen LogP contribution in [0.4, 0.5) is 0 Å². The second-order valence-corrected chi connectivity index (χ2v) is 7.62. The molecule has 3 N–H and O–H groups in total. The molecule has 4 fully saturated rings. The van der Waals surface area contributed by atoms with Gasteiger partial charge in [-0.25, -0.2) is 0 Å². The fourth-order valence-electron chi connectivity index (χ4n) is 5.58. The summed E-state index contributed by atoms with van der Waals surface area (Å²) in [6.45, 7) is 2.53. The summed E-state index contributed by atoms with van der Waals surface area (Å²) in [6, 6.07) is 0.492. The lowest BCUT2D eigenvalue weighted by Crippen LogP contribution is -2.53. The van der Waals surface area contributed by atoms with Crippen LogP contribution in [-0.2, 0) is 9.47 Å². The maximum absolute atomic E-state index is 6.08. The number of nitrogens with one attached hydrogen (secondary N) is 1. The quantitative estimate of drug-likeness (QED) is 0.612. The van der Waals surface area contributed by atoms with E-state index in [1.807, 2.05) is 0 Å². The van der Waals surface area contributed by atoms with Gasteiger partial charge in [-0.05, 0) is 55.8 Å². The number of hydrogen-bond acceptors (Lipinski definition) is 4. The van der Waals surface area contributed by atoms with Gasteiger partial charge < -0.3 is 9.47 Å². The Balaban J connectivity index is 1.47. The Hall–Kier alpha value is -0.160. The second-order valence-electron chi connectivity index (χ2n) is 7.62. The Morgan fingerprint density at radius 1 is 1.15 bits per heavy atom. The van der Waals surface area contributed by atoms with E-state index in [-0.39, 0.29) is 5.60 Å². The Kier molecular flexibility index (Phi) is 3.53. The van der Waals surface area contributed by atoms with Crippen LogP contribution >= 0.6 is 0 Å². The molecule has 4 aliphatic rings. The minimum absolute atomic E-state index is 0.00956. The lowest BCUT2D eigenvalue weighted by atomic mass is 9.72. The van der Waals surface area contributed by atoms with Crippen molar-refractivity contribution in [2.75, 3.05) is 19.8 Å². The van der Waals surface area contributed by atoms with Crippen molar-refractivity contribution in [3.63, 3.8) is 0 Å². The highest BCUT2D eigenvalue weighted by atomic mass is 16.6. The molecule has 2 aliphatic carbocycles. The molecule has 0 aromatic heterocycles. The summed E-state index contributed by atoms with van der Waals surface area (Å²) in [7, 11) is 0. The van der Waals surface area contributed by atoms with E-state index in [1.165, 1.54) is 25.7 Å².